The van der Waals surface area contributed by atoms with E-state index in [0.29, 0.717) is 48.2 Å². The normalized spacial score (nSPS) is 18.8. The number of carbonyl (C=O) groups is 1. The fourth-order valence-corrected chi connectivity index (χ4v) is 5.72. The lowest BCUT2D eigenvalue weighted by Crippen LogP contribution is -2.38. The van der Waals surface area contributed by atoms with Crippen molar-refractivity contribution in [1.82, 2.24) is 14.2 Å². The molecule has 2 aromatic rings. The third kappa shape index (κ3) is 4.03. The highest BCUT2D eigenvalue weighted by Crippen LogP contribution is 2.32. The summed E-state index contributed by atoms with van der Waals surface area (Å²) < 4.78 is 33.3. The van der Waals surface area contributed by atoms with Gasteiger partial charge in [0.15, 0.2) is 11.6 Å². The van der Waals surface area contributed by atoms with E-state index >= 15 is 0 Å². The van der Waals surface area contributed by atoms with Gasteiger partial charge in [-0.1, -0.05) is 19.1 Å². The van der Waals surface area contributed by atoms with Crippen molar-refractivity contribution in [1.29, 1.82) is 0 Å². The van der Waals surface area contributed by atoms with Crippen LogP contribution in [0.5, 0.6) is 0 Å². The molecule has 30 heavy (non-hydrogen) atoms. The first-order chi connectivity index (χ1) is 14.4. The van der Waals surface area contributed by atoms with E-state index in [1.807, 2.05) is 24.0 Å². The topological polar surface area (TPSA) is 83.7 Å². The number of aryl methyl sites for hydroxylation is 2. The summed E-state index contributed by atoms with van der Waals surface area (Å²) in [6, 6.07) is 7.12. The quantitative estimate of drug-likeness (QED) is 0.725. The molecule has 0 unspecified atom stereocenters. The Kier molecular flexibility index (Phi) is 5.97. The molecule has 0 N–H and O–H groups in total. The first-order valence-corrected chi connectivity index (χ1v) is 12.2. The van der Waals surface area contributed by atoms with Gasteiger partial charge in [-0.25, -0.2) is 13.4 Å². The molecule has 0 spiro atoms. The van der Waals surface area contributed by atoms with Crippen LogP contribution in [0.1, 0.15) is 66.2 Å². The summed E-state index contributed by atoms with van der Waals surface area (Å²) in [4.78, 5) is 19.3. The van der Waals surface area contributed by atoms with Crippen molar-refractivity contribution in [3.8, 4) is 0 Å². The van der Waals surface area contributed by atoms with E-state index < -0.39 is 10.0 Å². The highest BCUT2D eigenvalue weighted by Gasteiger charge is 2.33. The van der Waals surface area contributed by atoms with Crippen LogP contribution in [0.3, 0.4) is 0 Å². The molecule has 7 nitrogen and oxygen atoms in total. The molecule has 2 saturated heterocycles. The molecular weight excluding hydrogens is 402 g/mol. The second kappa shape index (κ2) is 8.51. The lowest BCUT2D eigenvalue weighted by Gasteiger charge is -2.29. The maximum absolute atomic E-state index is 13.0. The van der Waals surface area contributed by atoms with Crippen molar-refractivity contribution in [2.45, 2.75) is 56.8 Å². The molecule has 0 saturated carbocycles. The lowest BCUT2D eigenvalue weighted by molar-refractivity contribution is 0.0786. The van der Waals surface area contributed by atoms with Crippen molar-refractivity contribution >= 4 is 15.9 Å². The average molecular weight is 432 g/mol. The number of rotatable bonds is 5. The van der Waals surface area contributed by atoms with Crippen molar-refractivity contribution < 1.29 is 17.6 Å². The Labute approximate surface area is 178 Å². The monoisotopic (exact) mass is 431 g/mol. The van der Waals surface area contributed by atoms with Gasteiger partial charge < -0.3 is 9.32 Å². The second-order valence-electron chi connectivity index (χ2n) is 8.13. The summed E-state index contributed by atoms with van der Waals surface area (Å²) in [5.41, 5.74) is 1.52. The highest BCUT2D eigenvalue weighted by atomic mass is 32.2. The van der Waals surface area contributed by atoms with Gasteiger partial charge in [0.2, 0.25) is 10.0 Å². The maximum atomic E-state index is 13.0. The molecule has 1 aromatic carbocycles. The van der Waals surface area contributed by atoms with E-state index in [1.165, 1.54) is 4.31 Å². The summed E-state index contributed by atoms with van der Waals surface area (Å²) in [7, 11) is -3.50. The van der Waals surface area contributed by atoms with E-state index in [1.54, 1.807) is 19.1 Å². The Morgan fingerprint density at radius 2 is 1.73 bits per heavy atom. The van der Waals surface area contributed by atoms with Gasteiger partial charge in [0.25, 0.3) is 5.91 Å². The number of hydrogen-bond donors (Lipinski definition) is 0. The molecule has 1 aromatic heterocycles. The summed E-state index contributed by atoms with van der Waals surface area (Å²) in [6.45, 7) is 6.20. The van der Waals surface area contributed by atoms with Crippen LogP contribution in [0.25, 0.3) is 0 Å². The van der Waals surface area contributed by atoms with Gasteiger partial charge in [-0.15, -0.1) is 0 Å². The van der Waals surface area contributed by atoms with E-state index in [2.05, 4.69) is 4.98 Å². The van der Waals surface area contributed by atoms with Crippen LogP contribution in [-0.2, 0) is 16.4 Å². The van der Waals surface area contributed by atoms with Crippen molar-refractivity contribution in [2.24, 2.45) is 0 Å². The molecule has 2 aliphatic rings. The molecular formula is C22H29N3O4S. The number of oxazole rings is 1. The van der Waals surface area contributed by atoms with Crippen LogP contribution in [-0.4, -0.2) is 54.7 Å². The minimum absolute atomic E-state index is 0.0257. The van der Waals surface area contributed by atoms with Crippen LogP contribution in [0.2, 0.25) is 0 Å². The van der Waals surface area contributed by atoms with Crippen LogP contribution in [0.15, 0.2) is 33.6 Å². The fraction of sp³-hybridized carbons (Fsp3) is 0.545. The first-order valence-electron chi connectivity index (χ1n) is 10.8. The zero-order valence-corrected chi connectivity index (χ0v) is 18.5. The number of aromatic nitrogens is 1. The number of benzene rings is 1. The standard InChI is InChI=1S/C22H29N3O4S/c1-3-17-6-8-19(9-7-17)30(27,28)25-14-10-18(11-15-25)21-23-20(16(2)29-21)22(26)24-12-4-5-13-24/h6-9,18H,3-5,10-15H2,1-2H3. The van der Waals surface area contributed by atoms with Crippen LogP contribution >= 0.6 is 0 Å². The van der Waals surface area contributed by atoms with E-state index in [-0.39, 0.29) is 11.8 Å². The number of carbonyl (C=O) groups excluding carboxylic acids is 1. The fourth-order valence-electron chi connectivity index (χ4n) is 4.25. The first kappa shape index (κ1) is 21.1. The highest BCUT2D eigenvalue weighted by molar-refractivity contribution is 7.89. The Morgan fingerprint density at radius 3 is 2.33 bits per heavy atom. The number of sulfonamides is 1. The lowest BCUT2D eigenvalue weighted by atomic mass is 9.98. The third-order valence-corrected chi connectivity index (χ3v) is 8.09. The number of nitrogens with zero attached hydrogens (tertiary/aromatic N) is 3. The third-order valence-electron chi connectivity index (χ3n) is 6.18. The molecule has 0 atom stereocenters. The van der Waals surface area contributed by atoms with Crippen LogP contribution in [0, 0.1) is 6.92 Å². The van der Waals surface area contributed by atoms with Crippen molar-refractivity contribution in [2.75, 3.05) is 26.2 Å². The van der Waals surface area contributed by atoms with Crippen molar-refractivity contribution in [3.05, 3.63) is 47.2 Å². The Hall–Kier alpha value is -2.19. The van der Waals surface area contributed by atoms with Gasteiger partial charge in [-0.2, -0.15) is 4.31 Å². The Morgan fingerprint density at radius 1 is 1.10 bits per heavy atom. The predicted molar refractivity (Wildman–Crippen MR) is 113 cm³/mol. The second-order valence-corrected chi connectivity index (χ2v) is 10.1. The molecule has 0 aliphatic carbocycles. The van der Waals surface area contributed by atoms with Crippen molar-refractivity contribution in [3.63, 3.8) is 0 Å². The zero-order valence-electron chi connectivity index (χ0n) is 17.6. The Balaban J connectivity index is 1.43. The van der Waals surface area contributed by atoms with Crippen LogP contribution in [0.4, 0.5) is 0 Å². The van der Waals surface area contributed by atoms with E-state index in [9.17, 15) is 13.2 Å². The summed E-state index contributed by atoms with van der Waals surface area (Å²) in [5, 5.41) is 0. The zero-order chi connectivity index (χ0) is 21.3. The summed E-state index contributed by atoms with van der Waals surface area (Å²) in [5.74, 6) is 1.07. The SMILES string of the molecule is CCc1ccc(S(=O)(=O)N2CCC(c3nc(C(=O)N4CCCC4)c(C)o3)CC2)cc1. The minimum atomic E-state index is -3.50. The number of hydrogen-bond acceptors (Lipinski definition) is 5. The van der Waals surface area contributed by atoms with Gasteiger partial charge in [0.05, 0.1) is 4.90 Å². The molecule has 4 rings (SSSR count). The molecule has 1 amide bonds. The maximum Gasteiger partial charge on any atom is 0.276 e. The minimum Gasteiger partial charge on any atom is -0.445 e. The predicted octanol–water partition coefficient (Wildman–Crippen LogP) is 3.35. The molecule has 3 heterocycles. The van der Waals surface area contributed by atoms with Gasteiger partial charge >= 0.3 is 0 Å². The molecule has 2 aliphatic heterocycles. The summed E-state index contributed by atoms with van der Waals surface area (Å²) in [6.07, 6.45) is 4.20. The smallest absolute Gasteiger partial charge is 0.276 e. The molecule has 0 radical (unpaired) electrons. The van der Waals surface area contributed by atoms with Gasteiger partial charge in [-0.3, -0.25) is 4.79 Å². The average Bonchev–Trinajstić information content (AvgIpc) is 3.43. The van der Waals surface area contributed by atoms with E-state index in [0.717, 1.165) is 37.9 Å². The number of amides is 1. The molecule has 2 fully saturated rings. The largest absolute Gasteiger partial charge is 0.445 e. The van der Waals surface area contributed by atoms with E-state index in [4.69, 9.17) is 4.42 Å². The van der Waals surface area contributed by atoms with Gasteiger partial charge in [-0.05, 0) is 56.7 Å². The number of likely N-dealkylation sites (tertiary alicyclic amines) is 1. The van der Waals surface area contributed by atoms with Gasteiger partial charge in [0.1, 0.15) is 5.76 Å². The Bertz CT molecular complexity index is 1000. The summed E-state index contributed by atoms with van der Waals surface area (Å²) >= 11 is 0. The number of piperidine rings is 1. The van der Waals surface area contributed by atoms with Gasteiger partial charge in [0, 0.05) is 32.1 Å². The molecule has 8 heteroatoms. The van der Waals surface area contributed by atoms with Crippen LogP contribution < -0.4 is 0 Å². The molecule has 0 bridgehead atoms. The molecule has 162 valence electrons.